The molecule has 0 aromatic carbocycles. The molecule has 0 amide bonds. The Morgan fingerprint density at radius 3 is 3.00 bits per heavy atom. The van der Waals surface area contributed by atoms with E-state index in [0.29, 0.717) is 24.5 Å². The van der Waals surface area contributed by atoms with Gasteiger partial charge in [-0.05, 0) is 18.8 Å². The Morgan fingerprint density at radius 2 is 2.29 bits per heavy atom. The molecule has 78 valence electrons. The van der Waals surface area contributed by atoms with Gasteiger partial charge in [0, 0.05) is 12.1 Å². The maximum absolute atomic E-state index is 5.13. The Morgan fingerprint density at radius 1 is 1.50 bits per heavy atom. The van der Waals surface area contributed by atoms with Crippen LogP contribution < -0.4 is 0 Å². The maximum atomic E-state index is 5.13. The summed E-state index contributed by atoms with van der Waals surface area (Å²) in [5.74, 6) is 1.23. The average Bonchev–Trinajstić information content (AvgIpc) is 2.99. The van der Waals surface area contributed by atoms with Gasteiger partial charge in [0.2, 0.25) is 0 Å². The summed E-state index contributed by atoms with van der Waals surface area (Å²) in [6.45, 7) is 3.69. The van der Waals surface area contributed by atoms with Crippen LogP contribution in [0.4, 0.5) is 0 Å². The molecule has 3 unspecified atom stereocenters. The van der Waals surface area contributed by atoms with Crippen LogP contribution in [0, 0.1) is 11.8 Å². The highest BCUT2D eigenvalue weighted by Crippen LogP contribution is 2.23. The van der Waals surface area contributed by atoms with Crippen molar-refractivity contribution in [3.63, 3.8) is 0 Å². The van der Waals surface area contributed by atoms with Gasteiger partial charge in [0.05, 0.1) is 6.61 Å². The van der Waals surface area contributed by atoms with E-state index in [1.807, 2.05) is 6.21 Å². The summed E-state index contributed by atoms with van der Waals surface area (Å²) in [5.41, 5.74) is 0. The lowest BCUT2D eigenvalue weighted by atomic mass is 9.85. The number of nitrogens with zero attached hydrogens (tertiary/aromatic N) is 1. The third-order valence-corrected chi connectivity index (χ3v) is 2.80. The van der Waals surface area contributed by atoms with E-state index >= 15 is 0 Å². The minimum absolute atomic E-state index is 0.302. The maximum Gasteiger partial charge on any atom is 0.145 e. The lowest BCUT2D eigenvalue weighted by molar-refractivity contribution is 0.124. The minimum Gasteiger partial charge on any atom is -0.393 e. The Labute approximate surface area is 84.8 Å². The monoisotopic (exact) mass is 195 g/mol. The van der Waals surface area contributed by atoms with E-state index in [4.69, 9.17) is 9.57 Å². The van der Waals surface area contributed by atoms with Crippen molar-refractivity contribution in [2.45, 2.75) is 25.9 Å². The van der Waals surface area contributed by atoms with Gasteiger partial charge in [0.1, 0.15) is 12.7 Å². The predicted molar refractivity (Wildman–Crippen MR) is 55.2 cm³/mol. The van der Waals surface area contributed by atoms with E-state index in [1.54, 1.807) is 0 Å². The number of oxime groups is 1. The van der Waals surface area contributed by atoms with Crippen molar-refractivity contribution in [2.75, 3.05) is 13.2 Å². The normalized spacial score (nSPS) is 36.2. The highest BCUT2D eigenvalue weighted by molar-refractivity contribution is 5.61. The first-order chi connectivity index (χ1) is 6.86. The summed E-state index contributed by atoms with van der Waals surface area (Å²) in [6, 6.07) is 0. The van der Waals surface area contributed by atoms with Crippen LogP contribution in [0.1, 0.15) is 19.8 Å². The van der Waals surface area contributed by atoms with E-state index in [1.165, 1.54) is 0 Å². The molecular weight excluding hydrogens is 178 g/mol. The molecule has 0 aromatic heterocycles. The Balaban J connectivity index is 1.68. The fourth-order valence-corrected chi connectivity index (χ4v) is 1.59. The van der Waals surface area contributed by atoms with Crippen LogP contribution >= 0.6 is 0 Å². The van der Waals surface area contributed by atoms with Crippen molar-refractivity contribution in [3.8, 4) is 0 Å². The number of ether oxygens (including phenoxy) is 1. The second-order valence-corrected chi connectivity index (χ2v) is 4.09. The van der Waals surface area contributed by atoms with Gasteiger partial charge < -0.3 is 9.57 Å². The van der Waals surface area contributed by atoms with Crippen LogP contribution in [0.15, 0.2) is 17.3 Å². The fraction of sp³-hybridized carbons (Fsp3) is 0.727. The zero-order valence-electron chi connectivity index (χ0n) is 8.56. The molecule has 3 atom stereocenters. The predicted octanol–water partition coefficient (Wildman–Crippen LogP) is 1.99. The van der Waals surface area contributed by atoms with Crippen molar-refractivity contribution in [2.24, 2.45) is 17.0 Å². The molecule has 0 bridgehead atoms. The average molecular weight is 195 g/mol. The van der Waals surface area contributed by atoms with Crippen LogP contribution in [-0.4, -0.2) is 25.5 Å². The lowest BCUT2D eigenvalue weighted by Gasteiger charge is -2.20. The molecule has 1 heterocycles. The molecule has 1 aliphatic carbocycles. The summed E-state index contributed by atoms with van der Waals surface area (Å²) in [6.07, 6.45) is 8.96. The third-order valence-electron chi connectivity index (χ3n) is 2.80. The molecule has 0 aromatic rings. The number of allylic oxidation sites excluding steroid dienone is 2. The number of hydrogen-bond donors (Lipinski definition) is 0. The first-order valence-corrected chi connectivity index (χ1v) is 5.28. The second-order valence-electron chi connectivity index (χ2n) is 4.09. The van der Waals surface area contributed by atoms with Gasteiger partial charge >= 0.3 is 0 Å². The molecule has 3 nitrogen and oxygen atoms in total. The van der Waals surface area contributed by atoms with Crippen molar-refractivity contribution in [3.05, 3.63) is 12.2 Å². The zero-order valence-corrected chi connectivity index (χ0v) is 8.56. The first-order valence-electron chi connectivity index (χ1n) is 5.28. The van der Waals surface area contributed by atoms with Gasteiger partial charge in [-0.25, -0.2) is 0 Å². The number of epoxide rings is 1. The molecule has 0 N–H and O–H groups in total. The smallest absolute Gasteiger partial charge is 0.145 e. The van der Waals surface area contributed by atoms with Crippen LogP contribution in [0.2, 0.25) is 0 Å². The van der Waals surface area contributed by atoms with Crippen molar-refractivity contribution < 1.29 is 9.57 Å². The molecule has 2 rings (SSSR count). The largest absolute Gasteiger partial charge is 0.393 e. The van der Waals surface area contributed by atoms with Gasteiger partial charge in [-0.2, -0.15) is 0 Å². The molecule has 0 saturated carbocycles. The molecule has 1 aliphatic heterocycles. The first kappa shape index (κ1) is 9.71. The SMILES string of the molecule is CC1CC=CCC1/C=N/OCC1CO1. The summed E-state index contributed by atoms with van der Waals surface area (Å²) in [5, 5.41) is 3.99. The molecule has 0 spiro atoms. The number of rotatable bonds is 4. The second kappa shape index (κ2) is 4.60. The molecule has 3 heteroatoms. The van der Waals surface area contributed by atoms with Crippen molar-refractivity contribution >= 4 is 6.21 Å². The molecule has 0 radical (unpaired) electrons. The Kier molecular flexibility index (Phi) is 3.19. The molecule has 1 fully saturated rings. The van der Waals surface area contributed by atoms with Gasteiger partial charge in [0.15, 0.2) is 0 Å². The summed E-state index contributed by atoms with van der Waals surface area (Å²) < 4.78 is 5.01. The summed E-state index contributed by atoms with van der Waals surface area (Å²) >= 11 is 0. The highest BCUT2D eigenvalue weighted by Gasteiger charge is 2.23. The van der Waals surface area contributed by atoms with E-state index in [9.17, 15) is 0 Å². The minimum atomic E-state index is 0.302. The molecule has 14 heavy (non-hydrogen) atoms. The van der Waals surface area contributed by atoms with Crippen molar-refractivity contribution in [1.29, 1.82) is 0 Å². The quantitative estimate of drug-likeness (QED) is 0.297. The molecule has 1 saturated heterocycles. The summed E-state index contributed by atoms with van der Waals surface area (Å²) in [4.78, 5) is 5.13. The van der Waals surface area contributed by atoms with E-state index in [0.717, 1.165) is 19.4 Å². The van der Waals surface area contributed by atoms with Crippen molar-refractivity contribution in [1.82, 2.24) is 0 Å². The Hall–Kier alpha value is -0.830. The van der Waals surface area contributed by atoms with Crippen LogP contribution in [0.5, 0.6) is 0 Å². The molecule has 2 aliphatic rings. The van der Waals surface area contributed by atoms with Crippen LogP contribution in [0.25, 0.3) is 0 Å². The van der Waals surface area contributed by atoms with Crippen LogP contribution in [-0.2, 0) is 9.57 Å². The zero-order chi connectivity index (χ0) is 9.80. The van der Waals surface area contributed by atoms with E-state index < -0.39 is 0 Å². The lowest BCUT2D eigenvalue weighted by Crippen LogP contribution is -2.15. The van der Waals surface area contributed by atoms with Gasteiger partial charge in [0.25, 0.3) is 0 Å². The fourth-order valence-electron chi connectivity index (χ4n) is 1.59. The highest BCUT2D eigenvalue weighted by atomic mass is 16.7. The van der Waals surface area contributed by atoms with Gasteiger partial charge in [-0.3, -0.25) is 0 Å². The summed E-state index contributed by atoms with van der Waals surface area (Å²) in [7, 11) is 0. The third kappa shape index (κ3) is 2.84. The van der Waals surface area contributed by atoms with Gasteiger partial charge in [-0.1, -0.05) is 24.2 Å². The van der Waals surface area contributed by atoms with E-state index in [2.05, 4.69) is 24.2 Å². The Bertz CT molecular complexity index is 233. The molecular formula is C11H17NO2. The standard InChI is InChI=1S/C11H17NO2/c1-9-4-2-3-5-10(9)6-12-14-8-11-7-13-11/h2-3,6,9-11H,4-5,7-8H2,1H3/b12-6+. The number of hydrogen-bond acceptors (Lipinski definition) is 3. The van der Waals surface area contributed by atoms with Crippen LogP contribution in [0.3, 0.4) is 0 Å². The van der Waals surface area contributed by atoms with Gasteiger partial charge in [-0.15, -0.1) is 0 Å². The topological polar surface area (TPSA) is 34.1 Å². The van der Waals surface area contributed by atoms with E-state index in [-0.39, 0.29) is 0 Å².